The first-order valence-electron chi connectivity index (χ1n) is 10.2. The number of fused-ring (bicyclic) bond motifs is 1. The first kappa shape index (κ1) is 18.7. The van der Waals surface area contributed by atoms with E-state index >= 15 is 0 Å². The van der Waals surface area contributed by atoms with Crippen LogP contribution in [0.15, 0.2) is 53.5 Å². The second-order valence-electron chi connectivity index (χ2n) is 7.38. The lowest BCUT2D eigenvalue weighted by atomic mass is 10.0. The molecular weight excluding hydrogens is 350 g/mol. The van der Waals surface area contributed by atoms with Gasteiger partial charge in [-0.05, 0) is 55.5 Å². The Labute approximate surface area is 165 Å². The Morgan fingerprint density at radius 2 is 1.93 bits per heavy atom. The van der Waals surface area contributed by atoms with Crippen molar-refractivity contribution in [2.45, 2.75) is 45.1 Å². The lowest BCUT2D eigenvalue weighted by Crippen LogP contribution is -2.27. The van der Waals surface area contributed by atoms with Gasteiger partial charge in [0.2, 0.25) is 0 Å². The summed E-state index contributed by atoms with van der Waals surface area (Å²) in [5.74, 6) is 0. The summed E-state index contributed by atoms with van der Waals surface area (Å²) in [7, 11) is 0. The van der Waals surface area contributed by atoms with Gasteiger partial charge in [-0.25, -0.2) is 4.98 Å². The van der Waals surface area contributed by atoms with Gasteiger partial charge >= 0.3 is 0 Å². The third-order valence-corrected chi connectivity index (χ3v) is 5.34. The van der Waals surface area contributed by atoms with Gasteiger partial charge in [0.05, 0.1) is 11.3 Å². The van der Waals surface area contributed by atoms with Crippen LogP contribution in [0, 0.1) is 0 Å². The van der Waals surface area contributed by atoms with Gasteiger partial charge in [-0.2, -0.15) is 0 Å². The van der Waals surface area contributed by atoms with Crippen LogP contribution in [-0.4, -0.2) is 28.6 Å². The molecule has 1 aliphatic rings. The summed E-state index contributed by atoms with van der Waals surface area (Å²) >= 11 is 0. The smallest absolute Gasteiger partial charge is 0.265 e. The lowest BCUT2D eigenvalue weighted by Gasteiger charge is -2.24. The van der Waals surface area contributed by atoms with Crippen molar-refractivity contribution >= 4 is 11.3 Å². The maximum Gasteiger partial charge on any atom is 0.265 e. The van der Waals surface area contributed by atoms with Crippen molar-refractivity contribution in [3.63, 3.8) is 0 Å². The summed E-state index contributed by atoms with van der Waals surface area (Å²) in [4.78, 5) is 18.0. The summed E-state index contributed by atoms with van der Waals surface area (Å²) < 4.78 is 7.06. The third-order valence-electron chi connectivity index (χ3n) is 5.34. The summed E-state index contributed by atoms with van der Waals surface area (Å²) in [6, 6.07) is 14.3. The van der Waals surface area contributed by atoms with E-state index in [9.17, 15) is 4.79 Å². The van der Waals surface area contributed by atoms with Gasteiger partial charge < -0.3 is 10.1 Å². The molecule has 0 saturated carbocycles. The van der Waals surface area contributed by atoms with Gasteiger partial charge in [0, 0.05) is 31.1 Å². The Kier molecular flexibility index (Phi) is 5.72. The minimum atomic E-state index is 0.00171. The van der Waals surface area contributed by atoms with E-state index in [0.717, 1.165) is 67.8 Å². The highest BCUT2D eigenvalue weighted by atomic mass is 16.5. The van der Waals surface area contributed by atoms with Crippen molar-refractivity contribution in [3.05, 3.63) is 64.7 Å². The molecule has 28 heavy (non-hydrogen) atoms. The lowest BCUT2D eigenvalue weighted by molar-refractivity contribution is 0.0904. The van der Waals surface area contributed by atoms with E-state index in [1.807, 2.05) is 30.3 Å². The minimum absolute atomic E-state index is 0.00171. The van der Waals surface area contributed by atoms with Gasteiger partial charge in [0.25, 0.3) is 5.56 Å². The molecule has 1 fully saturated rings. The largest absolute Gasteiger partial charge is 0.382 e. The highest BCUT2D eigenvalue weighted by Crippen LogP contribution is 2.24. The van der Waals surface area contributed by atoms with Crippen LogP contribution in [0.1, 0.15) is 38.3 Å². The number of aryl methyl sites for hydroxylation is 1. The molecule has 0 amide bonds. The van der Waals surface area contributed by atoms with E-state index in [1.54, 1.807) is 10.6 Å². The van der Waals surface area contributed by atoms with Crippen molar-refractivity contribution in [2.24, 2.45) is 0 Å². The molecule has 0 aliphatic carbocycles. The second kappa shape index (κ2) is 8.57. The molecular formula is C23H27N3O2. The van der Waals surface area contributed by atoms with Crippen LogP contribution in [0.2, 0.25) is 0 Å². The Morgan fingerprint density at radius 1 is 1.14 bits per heavy atom. The summed E-state index contributed by atoms with van der Waals surface area (Å²) in [6.07, 6.45) is 6.75. The summed E-state index contributed by atoms with van der Waals surface area (Å²) in [5, 5.41) is 3.57. The van der Waals surface area contributed by atoms with Crippen LogP contribution in [0.5, 0.6) is 0 Å². The average molecular weight is 377 g/mol. The minimum Gasteiger partial charge on any atom is -0.382 e. The van der Waals surface area contributed by atoms with Crippen LogP contribution in [0.25, 0.3) is 16.8 Å². The zero-order valence-corrected chi connectivity index (χ0v) is 16.4. The summed E-state index contributed by atoms with van der Waals surface area (Å²) in [6.45, 7) is 3.79. The zero-order valence-electron chi connectivity index (χ0n) is 16.4. The Balaban J connectivity index is 1.68. The fourth-order valence-electron chi connectivity index (χ4n) is 3.76. The zero-order chi connectivity index (χ0) is 19.3. The normalized spacial score (nSPS) is 15.0. The van der Waals surface area contributed by atoms with Crippen LogP contribution in [0.3, 0.4) is 0 Å². The molecule has 146 valence electrons. The van der Waals surface area contributed by atoms with Crippen LogP contribution in [0.4, 0.5) is 5.69 Å². The van der Waals surface area contributed by atoms with E-state index in [2.05, 4.69) is 24.4 Å². The number of hydrogen-bond acceptors (Lipinski definition) is 4. The monoisotopic (exact) mass is 377 g/mol. The molecule has 3 aromatic rings. The number of rotatable bonds is 6. The maximum absolute atomic E-state index is 13.2. The van der Waals surface area contributed by atoms with Crippen molar-refractivity contribution in [1.29, 1.82) is 0 Å². The maximum atomic E-state index is 13.2. The van der Waals surface area contributed by atoms with Crippen molar-refractivity contribution < 1.29 is 4.74 Å². The van der Waals surface area contributed by atoms with Crippen molar-refractivity contribution in [2.75, 3.05) is 18.5 Å². The molecule has 4 rings (SSSR count). The average Bonchev–Trinajstić information content (AvgIpc) is 2.74. The van der Waals surface area contributed by atoms with Crippen LogP contribution < -0.4 is 10.9 Å². The fraction of sp³-hybridized carbons (Fsp3) is 0.391. The SMILES string of the molecule is CCCCc1nc2ccccn2c(=O)c1-c1ccc(NC2CCOCC2)cc1. The van der Waals surface area contributed by atoms with E-state index < -0.39 is 0 Å². The van der Waals surface area contributed by atoms with Crippen molar-refractivity contribution in [3.8, 4) is 11.1 Å². The van der Waals surface area contributed by atoms with E-state index in [0.29, 0.717) is 11.7 Å². The van der Waals surface area contributed by atoms with E-state index in [-0.39, 0.29) is 5.56 Å². The fourth-order valence-corrected chi connectivity index (χ4v) is 3.76. The molecule has 1 N–H and O–H groups in total. The topological polar surface area (TPSA) is 55.6 Å². The van der Waals surface area contributed by atoms with Crippen LogP contribution in [-0.2, 0) is 11.2 Å². The highest BCUT2D eigenvalue weighted by Gasteiger charge is 2.16. The first-order valence-corrected chi connectivity index (χ1v) is 10.2. The predicted molar refractivity (Wildman–Crippen MR) is 113 cm³/mol. The number of nitrogens with zero attached hydrogens (tertiary/aromatic N) is 2. The van der Waals surface area contributed by atoms with Gasteiger partial charge in [-0.15, -0.1) is 0 Å². The first-order chi connectivity index (χ1) is 13.8. The second-order valence-corrected chi connectivity index (χ2v) is 7.38. The number of nitrogens with one attached hydrogen (secondary N) is 1. The van der Waals surface area contributed by atoms with Gasteiger partial charge in [-0.1, -0.05) is 31.5 Å². The third kappa shape index (κ3) is 3.94. The molecule has 5 nitrogen and oxygen atoms in total. The molecule has 0 bridgehead atoms. The molecule has 2 aromatic heterocycles. The number of aromatic nitrogens is 2. The molecule has 1 aliphatic heterocycles. The Morgan fingerprint density at radius 3 is 2.68 bits per heavy atom. The number of unbranched alkanes of at least 4 members (excludes halogenated alkanes) is 1. The molecule has 0 spiro atoms. The molecule has 1 saturated heterocycles. The number of ether oxygens (including phenoxy) is 1. The molecule has 5 heteroatoms. The van der Waals surface area contributed by atoms with E-state index in [1.165, 1.54) is 0 Å². The summed E-state index contributed by atoms with van der Waals surface area (Å²) in [5.41, 5.74) is 4.33. The standard InChI is InChI=1S/C23H27N3O2/c1-2-3-6-20-22(23(27)26-14-5-4-7-21(26)25-20)17-8-10-18(11-9-17)24-19-12-15-28-16-13-19/h4-5,7-11,14,19,24H,2-3,6,12-13,15-16H2,1H3. The number of hydrogen-bond donors (Lipinski definition) is 1. The van der Waals surface area contributed by atoms with Gasteiger partial charge in [-0.3, -0.25) is 9.20 Å². The molecule has 0 unspecified atom stereocenters. The highest BCUT2D eigenvalue weighted by molar-refractivity contribution is 5.69. The molecule has 0 radical (unpaired) electrons. The molecule has 3 heterocycles. The van der Waals surface area contributed by atoms with Gasteiger partial charge in [0.1, 0.15) is 5.65 Å². The number of pyridine rings is 1. The predicted octanol–water partition coefficient (Wildman–Crippen LogP) is 4.30. The quantitative estimate of drug-likeness (QED) is 0.696. The molecule has 1 aromatic carbocycles. The van der Waals surface area contributed by atoms with Crippen LogP contribution >= 0.6 is 0 Å². The Hall–Kier alpha value is -2.66. The molecule has 0 atom stereocenters. The Bertz CT molecular complexity index is 989. The van der Waals surface area contributed by atoms with Crippen molar-refractivity contribution in [1.82, 2.24) is 9.38 Å². The van der Waals surface area contributed by atoms with E-state index in [4.69, 9.17) is 9.72 Å². The number of anilines is 1. The van der Waals surface area contributed by atoms with Gasteiger partial charge in [0.15, 0.2) is 0 Å². The number of benzene rings is 1.